The van der Waals surface area contributed by atoms with Crippen LogP contribution in [0.3, 0.4) is 0 Å². The van der Waals surface area contributed by atoms with Crippen molar-refractivity contribution in [2.24, 2.45) is 0 Å². The second-order valence-electron chi connectivity index (χ2n) is 14.3. The molecule has 0 saturated carbocycles. The molecule has 0 bridgehead atoms. The predicted octanol–water partition coefficient (Wildman–Crippen LogP) is -0.211. The van der Waals surface area contributed by atoms with Gasteiger partial charge in [-0.25, -0.2) is 0 Å². The molecule has 0 aliphatic carbocycles. The molecule has 0 N–H and O–H groups in total. The van der Waals surface area contributed by atoms with Crippen LogP contribution in [0.25, 0.3) is 0 Å². The van der Waals surface area contributed by atoms with Gasteiger partial charge < -0.3 is 66.3 Å². The molecule has 360 valence electrons. The Hall–Kier alpha value is -4.76. The Morgan fingerprint density at radius 2 is 0.672 bits per heavy atom. The van der Waals surface area contributed by atoms with Gasteiger partial charge in [0.25, 0.3) is 0 Å². The summed E-state index contributed by atoms with van der Waals surface area (Å²) in [5.41, 5.74) is 0. The van der Waals surface area contributed by atoms with Gasteiger partial charge in [0.1, 0.15) is 44.2 Å². The van der Waals surface area contributed by atoms with Gasteiger partial charge >= 0.3 is 59.7 Å². The fourth-order valence-corrected chi connectivity index (χ4v) is 8.72. The first kappa shape index (κ1) is 53.6. The Kier molecular flexibility index (Phi) is 20.5. The van der Waals surface area contributed by atoms with Crippen molar-refractivity contribution in [3.63, 3.8) is 0 Å². The maximum Gasteiger partial charge on any atom is 0.303 e. The van der Waals surface area contributed by atoms with E-state index in [1.54, 1.807) is 0 Å². The van der Waals surface area contributed by atoms with Gasteiger partial charge in [-0.3, -0.25) is 47.9 Å². The van der Waals surface area contributed by atoms with Gasteiger partial charge in [-0.2, -0.15) is 12.6 Å². The van der Waals surface area contributed by atoms with Gasteiger partial charge in [-0.15, -0.1) is 11.8 Å². The van der Waals surface area contributed by atoms with Crippen molar-refractivity contribution in [3.05, 3.63) is 0 Å². The van der Waals surface area contributed by atoms with Gasteiger partial charge in [0.15, 0.2) is 55.3 Å². The van der Waals surface area contributed by atoms with E-state index >= 15 is 0 Å². The highest BCUT2D eigenvalue weighted by molar-refractivity contribution is 8.10. The molecule has 3 aliphatic rings. The summed E-state index contributed by atoms with van der Waals surface area (Å²) in [6.07, 6.45) is -22.0. The molecule has 3 saturated heterocycles. The fourth-order valence-electron chi connectivity index (χ4n) is 6.77. The van der Waals surface area contributed by atoms with E-state index in [1.165, 1.54) is 0 Å². The zero-order valence-electron chi connectivity index (χ0n) is 36.4. The number of esters is 10. The highest BCUT2D eigenvalue weighted by Crippen LogP contribution is 2.42. The Bertz CT molecular complexity index is 1740. The lowest BCUT2D eigenvalue weighted by atomic mass is 9.95. The van der Waals surface area contributed by atoms with E-state index in [1.807, 2.05) is 0 Å². The topological polar surface area (TPSA) is 300 Å². The van der Waals surface area contributed by atoms with Crippen molar-refractivity contribution in [3.8, 4) is 0 Å². The Labute approximate surface area is 376 Å². The van der Waals surface area contributed by atoms with Crippen LogP contribution in [0, 0.1) is 0 Å². The first-order valence-electron chi connectivity index (χ1n) is 19.4. The standard InChI is InChI=1S/C38H52O24S2/c1-14(39)49-11-24-27(52-17(4)42)30(53-18(5)43)33(56-21(8)46)36(59-24)61-28-25(12-50-15(2)40)60-37(34(57-22(9)47)31(28)54-19(6)44)62-29-26(13-51-16(3)41)64-38(63)35(58-23(10)48)32(29)55-20(7)45/h24-38,63H,11-13H2,1-10H3/t24-,25-,26+,27-,28-,29-,30+,31+,32+,33-,34-,35-,36+,37+,38+/m1/s1. The number of hydrogen-bond acceptors (Lipinski definition) is 26. The molecule has 3 fully saturated rings. The number of hydrogen-bond donors (Lipinski definition) is 1. The van der Waals surface area contributed by atoms with Crippen molar-refractivity contribution in [1.29, 1.82) is 0 Å². The smallest absolute Gasteiger partial charge is 0.303 e. The van der Waals surface area contributed by atoms with E-state index in [9.17, 15) is 47.9 Å². The molecular weight excluding hydrogens is 905 g/mol. The van der Waals surface area contributed by atoms with Crippen LogP contribution in [0.1, 0.15) is 69.2 Å². The van der Waals surface area contributed by atoms with Crippen LogP contribution < -0.4 is 0 Å². The highest BCUT2D eigenvalue weighted by atomic mass is 32.2. The monoisotopic (exact) mass is 956 g/mol. The van der Waals surface area contributed by atoms with Gasteiger partial charge in [0, 0.05) is 69.2 Å². The summed E-state index contributed by atoms with van der Waals surface area (Å²) in [6.45, 7) is 8.50. The van der Waals surface area contributed by atoms with E-state index in [2.05, 4.69) is 12.6 Å². The van der Waals surface area contributed by atoms with Crippen molar-refractivity contribution in [2.45, 2.75) is 159 Å². The average Bonchev–Trinajstić information content (AvgIpc) is 3.15. The zero-order chi connectivity index (χ0) is 48.2. The summed E-state index contributed by atoms with van der Waals surface area (Å²) in [7, 11) is 0. The predicted molar refractivity (Wildman–Crippen MR) is 210 cm³/mol. The van der Waals surface area contributed by atoms with Crippen molar-refractivity contribution in [2.75, 3.05) is 19.8 Å². The minimum absolute atomic E-state index is 0.407. The maximum atomic E-state index is 12.9. The Morgan fingerprint density at radius 3 is 1.06 bits per heavy atom. The molecule has 0 spiro atoms. The minimum Gasteiger partial charge on any atom is -0.465 e. The van der Waals surface area contributed by atoms with Gasteiger partial charge in [0.2, 0.25) is 0 Å². The van der Waals surface area contributed by atoms with Crippen LogP contribution in [0.5, 0.6) is 0 Å². The lowest BCUT2D eigenvalue weighted by Crippen LogP contribution is -2.68. The fraction of sp³-hybridized carbons (Fsp3) is 0.737. The van der Waals surface area contributed by atoms with E-state index in [0.29, 0.717) is 0 Å². The van der Waals surface area contributed by atoms with E-state index < -0.39 is 169 Å². The van der Waals surface area contributed by atoms with Gasteiger partial charge in [-0.1, -0.05) is 0 Å². The summed E-state index contributed by atoms with van der Waals surface area (Å²) in [5.74, 6) is -8.97. The first-order valence-corrected chi connectivity index (χ1v) is 20.9. The third-order valence-corrected chi connectivity index (χ3v) is 10.8. The molecule has 0 unspecified atom stereocenters. The van der Waals surface area contributed by atoms with Crippen LogP contribution in [0.15, 0.2) is 0 Å². The molecule has 0 amide bonds. The molecule has 15 atom stereocenters. The van der Waals surface area contributed by atoms with Gasteiger partial charge in [-0.05, 0) is 0 Å². The quantitative estimate of drug-likeness (QED) is 0.112. The second kappa shape index (κ2) is 24.5. The van der Waals surface area contributed by atoms with Crippen molar-refractivity contribution >= 4 is 84.1 Å². The van der Waals surface area contributed by atoms with Crippen molar-refractivity contribution < 1.29 is 114 Å². The lowest BCUT2D eigenvalue weighted by molar-refractivity contribution is -0.366. The lowest BCUT2D eigenvalue weighted by Gasteiger charge is -2.50. The largest absolute Gasteiger partial charge is 0.465 e. The van der Waals surface area contributed by atoms with Crippen LogP contribution in [0.2, 0.25) is 0 Å². The van der Waals surface area contributed by atoms with E-state index in [-0.39, 0.29) is 0 Å². The second-order valence-corrected chi connectivity index (χ2v) is 16.6. The average molecular weight is 957 g/mol. The molecule has 0 aromatic carbocycles. The number of thioether (sulfide) groups is 1. The molecule has 26 heteroatoms. The van der Waals surface area contributed by atoms with E-state index in [4.69, 9.17) is 66.3 Å². The summed E-state index contributed by atoms with van der Waals surface area (Å²) >= 11 is 5.52. The molecule has 0 radical (unpaired) electrons. The highest BCUT2D eigenvalue weighted by Gasteiger charge is 2.59. The Morgan fingerprint density at radius 1 is 0.375 bits per heavy atom. The van der Waals surface area contributed by atoms with Crippen LogP contribution in [-0.4, -0.2) is 169 Å². The molecule has 24 nitrogen and oxygen atoms in total. The minimum atomic E-state index is -1.95. The summed E-state index contributed by atoms with van der Waals surface area (Å²) in [4.78, 5) is 124. The van der Waals surface area contributed by atoms with Crippen LogP contribution in [0.4, 0.5) is 0 Å². The van der Waals surface area contributed by atoms with E-state index in [0.717, 1.165) is 81.0 Å². The van der Waals surface area contributed by atoms with Crippen LogP contribution >= 0.6 is 24.4 Å². The molecular formula is C38H52O24S2. The normalized spacial score (nSPS) is 32.3. The first-order chi connectivity index (χ1) is 29.9. The summed E-state index contributed by atoms with van der Waals surface area (Å²) in [5, 5.41) is -0.991. The number of carbonyl (C=O) groups is 10. The zero-order valence-corrected chi connectivity index (χ0v) is 38.1. The number of rotatable bonds is 17. The molecule has 0 aromatic rings. The number of carbonyl (C=O) groups excluding carboxylic acids is 10. The molecule has 3 heterocycles. The number of thiol groups is 1. The third-order valence-electron chi connectivity index (χ3n) is 8.84. The third kappa shape index (κ3) is 16.0. The molecule has 3 rings (SSSR count). The molecule has 0 aromatic heterocycles. The Balaban J connectivity index is 2.28. The molecule has 3 aliphatic heterocycles. The maximum absolute atomic E-state index is 12.9. The van der Waals surface area contributed by atoms with Gasteiger partial charge in [0.05, 0.1) is 9.83 Å². The van der Waals surface area contributed by atoms with Crippen molar-refractivity contribution in [1.82, 2.24) is 0 Å². The van der Waals surface area contributed by atoms with Crippen LogP contribution in [-0.2, 0) is 114 Å². The number of ether oxygens (including phenoxy) is 14. The summed E-state index contributed by atoms with van der Waals surface area (Å²) < 4.78 is 79.0. The summed E-state index contributed by atoms with van der Waals surface area (Å²) in [6, 6.07) is 0. The molecule has 64 heavy (non-hydrogen) atoms. The SMILES string of the molecule is CC(=O)OC[C@@H]1S[C@H](S)[C@H](OC(C)=O)[C@@H](OC(C)=O)[C@@H]1O[C@@H]1O[C@H](COC(C)=O)[C@@H](O[C@@H]2O[C@H](COC(C)=O)[C@@H](OC(C)=O)[C@H](OC(C)=O)[C@H]2OC(C)=O)[C@H](OC(C)=O)[C@H]1OC(C)=O.